The van der Waals surface area contributed by atoms with E-state index in [1.807, 2.05) is 72.4 Å². The second kappa shape index (κ2) is 7.39. The predicted molar refractivity (Wildman–Crippen MR) is 103 cm³/mol. The smallest absolute Gasteiger partial charge is 0.228 e. The molecule has 0 aliphatic carbocycles. The number of carbonyl (C=O) groups is 1. The second-order valence-electron chi connectivity index (χ2n) is 6.68. The SMILES string of the molecule is Cc1cccc(C(C)C)c1NC(=O)Cc1ccc(-n2cccc2)cc1. The zero-order valence-corrected chi connectivity index (χ0v) is 15.0. The summed E-state index contributed by atoms with van der Waals surface area (Å²) < 4.78 is 2.05. The van der Waals surface area contributed by atoms with Crippen LogP contribution in [0, 0.1) is 6.92 Å². The average Bonchev–Trinajstić information content (AvgIpc) is 3.11. The largest absolute Gasteiger partial charge is 0.325 e. The van der Waals surface area contributed by atoms with Crippen LogP contribution in [-0.4, -0.2) is 10.5 Å². The number of anilines is 1. The van der Waals surface area contributed by atoms with Gasteiger partial charge in [0.1, 0.15) is 0 Å². The number of nitrogens with one attached hydrogen (secondary N) is 1. The normalized spacial score (nSPS) is 10.9. The Labute approximate surface area is 149 Å². The van der Waals surface area contributed by atoms with Crippen molar-refractivity contribution in [3.63, 3.8) is 0 Å². The molecule has 2 aromatic carbocycles. The summed E-state index contributed by atoms with van der Waals surface area (Å²) in [5, 5.41) is 3.11. The third-order valence-electron chi connectivity index (χ3n) is 4.40. The molecule has 0 aliphatic rings. The minimum absolute atomic E-state index is 0.0184. The molecule has 1 N–H and O–H groups in total. The maximum Gasteiger partial charge on any atom is 0.228 e. The van der Waals surface area contributed by atoms with Gasteiger partial charge in [0.15, 0.2) is 0 Å². The molecule has 0 bridgehead atoms. The standard InChI is InChI=1S/C22H24N2O/c1-16(2)20-8-6-7-17(3)22(20)23-21(25)15-18-9-11-19(12-10-18)24-13-4-5-14-24/h4-14,16H,15H2,1-3H3,(H,23,25). The maximum atomic E-state index is 12.5. The Balaban J connectivity index is 1.71. The van der Waals surface area contributed by atoms with Crippen molar-refractivity contribution in [1.29, 1.82) is 0 Å². The number of aromatic nitrogens is 1. The number of carbonyl (C=O) groups excluding carboxylic acids is 1. The van der Waals surface area contributed by atoms with Gasteiger partial charge >= 0.3 is 0 Å². The van der Waals surface area contributed by atoms with Gasteiger partial charge in [-0.3, -0.25) is 4.79 Å². The number of rotatable bonds is 5. The van der Waals surface area contributed by atoms with Crippen LogP contribution in [0.4, 0.5) is 5.69 Å². The first-order chi connectivity index (χ1) is 12.0. The monoisotopic (exact) mass is 332 g/mol. The van der Waals surface area contributed by atoms with Gasteiger partial charge in [-0.2, -0.15) is 0 Å². The summed E-state index contributed by atoms with van der Waals surface area (Å²) in [7, 11) is 0. The van der Waals surface area contributed by atoms with Crippen LogP contribution in [0.15, 0.2) is 67.0 Å². The van der Waals surface area contributed by atoms with E-state index in [-0.39, 0.29) is 5.91 Å². The van der Waals surface area contributed by atoms with E-state index in [0.717, 1.165) is 22.5 Å². The zero-order chi connectivity index (χ0) is 17.8. The van der Waals surface area contributed by atoms with Crippen molar-refractivity contribution in [2.24, 2.45) is 0 Å². The first-order valence-electron chi connectivity index (χ1n) is 8.66. The van der Waals surface area contributed by atoms with Crippen LogP contribution in [0.1, 0.15) is 36.5 Å². The van der Waals surface area contributed by atoms with E-state index in [0.29, 0.717) is 12.3 Å². The topological polar surface area (TPSA) is 34.0 Å². The van der Waals surface area contributed by atoms with Crippen molar-refractivity contribution >= 4 is 11.6 Å². The third-order valence-corrected chi connectivity index (χ3v) is 4.40. The van der Waals surface area contributed by atoms with E-state index in [9.17, 15) is 4.79 Å². The summed E-state index contributed by atoms with van der Waals surface area (Å²) in [6.07, 6.45) is 4.39. The van der Waals surface area contributed by atoms with Crippen LogP contribution >= 0.6 is 0 Å². The lowest BCUT2D eigenvalue weighted by molar-refractivity contribution is -0.115. The number of aryl methyl sites for hydroxylation is 1. The fourth-order valence-corrected chi connectivity index (χ4v) is 3.00. The zero-order valence-electron chi connectivity index (χ0n) is 15.0. The molecule has 1 amide bonds. The first-order valence-corrected chi connectivity index (χ1v) is 8.66. The van der Waals surface area contributed by atoms with E-state index in [1.165, 1.54) is 5.56 Å². The highest BCUT2D eigenvalue weighted by molar-refractivity contribution is 5.93. The van der Waals surface area contributed by atoms with Gasteiger partial charge in [-0.25, -0.2) is 0 Å². The molecule has 0 aliphatic heterocycles. The van der Waals surface area contributed by atoms with E-state index in [4.69, 9.17) is 0 Å². The summed E-state index contributed by atoms with van der Waals surface area (Å²) in [4.78, 5) is 12.5. The number of para-hydroxylation sites is 1. The van der Waals surface area contributed by atoms with Gasteiger partial charge in [0.05, 0.1) is 6.42 Å². The van der Waals surface area contributed by atoms with Crippen LogP contribution in [0.3, 0.4) is 0 Å². The third kappa shape index (κ3) is 4.00. The fraction of sp³-hybridized carbons (Fsp3) is 0.227. The molecule has 1 heterocycles. The van der Waals surface area contributed by atoms with Crippen molar-refractivity contribution in [3.8, 4) is 5.69 Å². The predicted octanol–water partition coefficient (Wildman–Crippen LogP) is 5.09. The lowest BCUT2D eigenvalue weighted by Crippen LogP contribution is -2.17. The molecular weight excluding hydrogens is 308 g/mol. The Kier molecular flexibility index (Phi) is 5.03. The quantitative estimate of drug-likeness (QED) is 0.694. The Morgan fingerprint density at radius 3 is 2.32 bits per heavy atom. The van der Waals surface area contributed by atoms with Gasteiger partial charge in [0.2, 0.25) is 5.91 Å². The molecule has 0 saturated heterocycles. The molecule has 3 nitrogen and oxygen atoms in total. The highest BCUT2D eigenvalue weighted by Gasteiger charge is 2.12. The van der Waals surface area contributed by atoms with Crippen LogP contribution in [-0.2, 0) is 11.2 Å². The lowest BCUT2D eigenvalue weighted by Gasteiger charge is -2.16. The van der Waals surface area contributed by atoms with Gasteiger partial charge < -0.3 is 9.88 Å². The van der Waals surface area contributed by atoms with E-state index < -0.39 is 0 Å². The number of amides is 1. The molecule has 0 radical (unpaired) electrons. The minimum Gasteiger partial charge on any atom is -0.325 e. The van der Waals surface area contributed by atoms with Gasteiger partial charge in [0.25, 0.3) is 0 Å². The summed E-state index contributed by atoms with van der Waals surface area (Å²) in [5.41, 5.74) is 5.33. The first kappa shape index (κ1) is 17.0. The fourth-order valence-electron chi connectivity index (χ4n) is 3.00. The van der Waals surface area contributed by atoms with Crippen molar-refractivity contribution in [3.05, 3.63) is 83.7 Å². The van der Waals surface area contributed by atoms with Crippen LogP contribution in [0.5, 0.6) is 0 Å². The molecule has 3 aromatic rings. The number of benzene rings is 2. The Morgan fingerprint density at radius 2 is 1.68 bits per heavy atom. The van der Waals surface area contributed by atoms with Gasteiger partial charge in [-0.1, -0.05) is 44.2 Å². The maximum absolute atomic E-state index is 12.5. The van der Waals surface area contributed by atoms with Gasteiger partial charge in [-0.15, -0.1) is 0 Å². The summed E-state index contributed by atoms with van der Waals surface area (Å²) in [5.74, 6) is 0.390. The Morgan fingerprint density at radius 1 is 1.00 bits per heavy atom. The van der Waals surface area contributed by atoms with Crippen molar-refractivity contribution in [2.75, 3.05) is 5.32 Å². The number of hydrogen-bond donors (Lipinski definition) is 1. The molecule has 0 saturated carbocycles. The lowest BCUT2D eigenvalue weighted by atomic mass is 9.98. The summed E-state index contributed by atoms with van der Waals surface area (Å²) in [6.45, 7) is 6.32. The van der Waals surface area contributed by atoms with E-state index in [2.05, 4.69) is 25.2 Å². The molecule has 0 fully saturated rings. The highest BCUT2D eigenvalue weighted by Crippen LogP contribution is 2.27. The average molecular weight is 332 g/mol. The molecule has 3 rings (SSSR count). The van der Waals surface area contributed by atoms with Crippen LogP contribution in [0.2, 0.25) is 0 Å². The summed E-state index contributed by atoms with van der Waals surface area (Å²) in [6, 6.07) is 18.2. The Hall–Kier alpha value is -2.81. The highest BCUT2D eigenvalue weighted by atomic mass is 16.1. The molecule has 3 heteroatoms. The molecule has 25 heavy (non-hydrogen) atoms. The molecule has 128 valence electrons. The second-order valence-corrected chi connectivity index (χ2v) is 6.68. The minimum atomic E-state index is 0.0184. The molecule has 0 unspecified atom stereocenters. The summed E-state index contributed by atoms with van der Waals surface area (Å²) >= 11 is 0. The van der Waals surface area contributed by atoms with Crippen LogP contribution < -0.4 is 5.32 Å². The van der Waals surface area contributed by atoms with Crippen LogP contribution in [0.25, 0.3) is 5.69 Å². The van der Waals surface area contributed by atoms with E-state index in [1.54, 1.807) is 0 Å². The molecule has 0 atom stereocenters. The van der Waals surface area contributed by atoms with Crippen molar-refractivity contribution < 1.29 is 4.79 Å². The van der Waals surface area contributed by atoms with Crippen molar-refractivity contribution in [2.45, 2.75) is 33.1 Å². The molecule has 0 spiro atoms. The van der Waals surface area contributed by atoms with E-state index >= 15 is 0 Å². The Bertz CT molecular complexity index is 846. The van der Waals surface area contributed by atoms with Crippen molar-refractivity contribution in [1.82, 2.24) is 4.57 Å². The number of hydrogen-bond acceptors (Lipinski definition) is 1. The van der Waals surface area contributed by atoms with Gasteiger partial charge in [0, 0.05) is 23.8 Å². The molecular formula is C22H24N2O. The number of nitrogens with zero attached hydrogens (tertiary/aromatic N) is 1. The molecule has 1 aromatic heterocycles. The van der Waals surface area contributed by atoms with Gasteiger partial charge in [-0.05, 0) is 53.8 Å².